The molecule has 1 N–H and O–H groups in total. The molecule has 1 atom stereocenters. The first-order valence-electron chi connectivity index (χ1n) is 7.21. The molecule has 0 radical (unpaired) electrons. The number of allylic oxidation sites excluding steroid dienone is 1. The SMILES string of the molecule is COC(=O)C1=C(O)CC(C)(C)[C@@H]2C(=O)N(C)c3cccc1c32. The number of hydrogen-bond acceptors (Lipinski definition) is 4. The highest BCUT2D eigenvalue weighted by Crippen LogP contribution is 2.54. The average molecular weight is 301 g/mol. The lowest BCUT2D eigenvalue weighted by atomic mass is 9.73. The lowest BCUT2D eigenvalue weighted by molar-refractivity contribution is -0.133. The monoisotopic (exact) mass is 301 g/mol. The van der Waals surface area contributed by atoms with E-state index >= 15 is 0 Å². The summed E-state index contributed by atoms with van der Waals surface area (Å²) in [5, 5.41) is 10.5. The van der Waals surface area contributed by atoms with E-state index in [-0.39, 0.29) is 29.6 Å². The number of aliphatic hydroxyl groups is 1. The number of likely N-dealkylation sites (N-methyl/N-ethyl adjacent to an activating group) is 1. The molecule has 0 saturated heterocycles. The van der Waals surface area contributed by atoms with Gasteiger partial charge in [0, 0.05) is 19.2 Å². The Morgan fingerprint density at radius 2 is 2.09 bits per heavy atom. The van der Waals surface area contributed by atoms with Crippen LogP contribution < -0.4 is 4.90 Å². The molecular weight excluding hydrogens is 282 g/mol. The van der Waals surface area contributed by atoms with Crippen LogP contribution in [0.5, 0.6) is 0 Å². The van der Waals surface area contributed by atoms with Gasteiger partial charge in [-0.2, -0.15) is 0 Å². The van der Waals surface area contributed by atoms with Crippen molar-refractivity contribution in [2.75, 3.05) is 19.1 Å². The number of carbonyl (C=O) groups is 2. The number of rotatable bonds is 1. The second kappa shape index (κ2) is 4.60. The summed E-state index contributed by atoms with van der Waals surface area (Å²) in [6.07, 6.45) is 0.246. The summed E-state index contributed by atoms with van der Waals surface area (Å²) in [6, 6.07) is 5.42. The molecule has 0 bridgehead atoms. The van der Waals surface area contributed by atoms with Crippen molar-refractivity contribution in [1.82, 2.24) is 0 Å². The summed E-state index contributed by atoms with van der Waals surface area (Å²) in [7, 11) is 3.03. The van der Waals surface area contributed by atoms with Crippen LogP contribution in [0.15, 0.2) is 24.0 Å². The summed E-state index contributed by atoms with van der Waals surface area (Å²) < 4.78 is 4.83. The van der Waals surface area contributed by atoms with Gasteiger partial charge in [-0.25, -0.2) is 4.79 Å². The fourth-order valence-electron chi connectivity index (χ4n) is 3.64. The molecule has 1 aliphatic carbocycles. The number of nitrogens with zero attached hydrogens (tertiary/aromatic N) is 1. The molecule has 5 nitrogen and oxygen atoms in total. The van der Waals surface area contributed by atoms with E-state index in [1.165, 1.54) is 7.11 Å². The molecule has 1 aliphatic heterocycles. The number of benzene rings is 1. The lowest BCUT2D eigenvalue weighted by Crippen LogP contribution is -2.32. The Kier molecular flexibility index (Phi) is 3.06. The Hall–Kier alpha value is -2.30. The van der Waals surface area contributed by atoms with Crippen molar-refractivity contribution in [3.8, 4) is 0 Å². The van der Waals surface area contributed by atoms with Crippen LogP contribution in [0.1, 0.15) is 37.3 Å². The largest absolute Gasteiger partial charge is 0.511 e. The molecule has 1 aromatic rings. The molecule has 0 saturated carbocycles. The average Bonchev–Trinajstić information content (AvgIpc) is 2.67. The van der Waals surface area contributed by atoms with Crippen LogP contribution in [0.4, 0.5) is 5.69 Å². The molecular formula is C17H19NO4. The highest BCUT2D eigenvalue weighted by atomic mass is 16.5. The van der Waals surface area contributed by atoms with Crippen molar-refractivity contribution in [2.45, 2.75) is 26.2 Å². The third kappa shape index (κ3) is 1.78. The number of anilines is 1. The van der Waals surface area contributed by atoms with Gasteiger partial charge >= 0.3 is 5.97 Å². The van der Waals surface area contributed by atoms with Crippen molar-refractivity contribution in [3.05, 3.63) is 35.1 Å². The fourth-order valence-corrected chi connectivity index (χ4v) is 3.64. The topological polar surface area (TPSA) is 66.8 Å². The van der Waals surface area contributed by atoms with E-state index in [0.717, 1.165) is 11.3 Å². The minimum atomic E-state index is -0.579. The van der Waals surface area contributed by atoms with Crippen LogP contribution in [0.25, 0.3) is 5.57 Å². The second-order valence-electron chi connectivity index (χ2n) is 6.55. The fraction of sp³-hybridized carbons (Fsp3) is 0.412. The van der Waals surface area contributed by atoms with Crippen molar-refractivity contribution in [2.24, 2.45) is 5.41 Å². The number of aliphatic hydroxyl groups excluding tert-OH is 1. The van der Waals surface area contributed by atoms with Gasteiger partial charge in [0.15, 0.2) is 0 Å². The lowest BCUT2D eigenvalue weighted by Gasteiger charge is -2.29. The zero-order valence-corrected chi connectivity index (χ0v) is 13.1. The third-order valence-corrected chi connectivity index (χ3v) is 4.66. The highest BCUT2D eigenvalue weighted by molar-refractivity contribution is 6.20. The van der Waals surface area contributed by atoms with Gasteiger partial charge in [-0.15, -0.1) is 0 Å². The van der Waals surface area contributed by atoms with E-state index in [1.54, 1.807) is 24.1 Å². The molecule has 116 valence electrons. The molecule has 0 spiro atoms. The summed E-state index contributed by atoms with van der Waals surface area (Å²) in [5.74, 6) is -0.987. The Labute approximate surface area is 129 Å². The molecule has 1 heterocycles. The zero-order chi connectivity index (χ0) is 16.2. The quantitative estimate of drug-likeness (QED) is 0.810. The number of esters is 1. The Balaban J connectivity index is 2.37. The maximum Gasteiger partial charge on any atom is 0.341 e. The Morgan fingerprint density at radius 3 is 2.73 bits per heavy atom. The van der Waals surface area contributed by atoms with E-state index in [4.69, 9.17) is 4.74 Å². The highest BCUT2D eigenvalue weighted by Gasteiger charge is 2.49. The van der Waals surface area contributed by atoms with Crippen LogP contribution >= 0.6 is 0 Å². The van der Waals surface area contributed by atoms with E-state index in [2.05, 4.69) is 0 Å². The number of hydrogen-bond donors (Lipinski definition) is 1. The van der Waals surface area contributed by atoms with Crippen molar-refractivity contribution < 1.29 is 19.4 Å². The summed E-state index contributed by atoms with van der Waals surface area (Å²) in [4.78, 5) is 26.5. The molecule has 3 rings (SSSR count). The predicted molar refractivity (Wildman–Crippen MR) is 82.6 cm³/mol. The first kappa shape index (κ1) is 14.6. The van der Waals surface area contributed by atoms with E-state index in [1.807, 2.05) is 19.9 Å². The number of amides is 1. The smallest absolute Gasteiger partial charge is 0.341 e. The Morgan fingerprint density at radius 1 is 1.41 bits per heavy atom. The molecule has 1 amide bonds. The summed E-state index contributed by atoms with van der Waals surface area (Å²) in [6.45, 7) is 3.87. The minimum Gasteiger partial charge on any atom is -0.511 e. The second-order valence-corrected chi connectivity index (χ2v) is 6.55. The molecule has 0 unspecified atom stereocenters. The van der Waals surface area contributed by atoms with Crippen molar-refractivity contribution >= 4 is 23.1 Å². The van der Waals surface area contributed by atoms with Gasteiger partial charge in [-0.3, -0.25) is 4.79 Å². The van der Waals surface area contributed by atoms with E-state index in [9.17, 15) is 14.7 Å². The summed E-state index contributed by atoms with van der Waals surface area (Å²) in [5.41, 5.74) is 1.86. The van der Waals surface area contributed by atoms with Crippen molar-refractivity contribution in [3.63, 3.8) is 0 Å². The normalized spacial score (nSPS) is 22.5. The molecule has 1 aromatic carbocycles. The van der Waals surface area contributed by atoms with Crippen molar-refractivity contribution in [1.29, 1.82) is 0 Å². The van der Waals surface area contributed by atoms with Gasteiger partial charge in [0.2, 0.25) is 5.91 Å². The van der Waals surface area contributed by atoms with Crippen LogP contribution in [-0.2, 0) is 14.3 Å². The van der Waals surface area contributed by atoms with Gasteiger partial charge in [0.25, 0.3) is 0 Å². The molecule has 0 fully saturated rings. The number of methoxy groups -OCH3 is 1. The number of ether oxygens (including phenoxy) is 1. The van der Waals surface area contributed by atoms with Gasteiger partial charge < -0.3 is 14.7 Å². The van der Waals surface area contributed by atoms with Gasteiger partial charge in [0.05, 0.1) is 13.0 Å². The minimum absolute atomic E-state index is 0.00799. The maximum absolute atomic E-state index is 12.7. The first-order chi connectivity index (χ1) is 10.3. The molecule has 22 heavy (non-hydrogen) atoms. The van der Waals surface area contributed by atoms with Gasteiger partial charge in [-0.05, 0) is 22.6 Å². The predicted octanol–water partition coefficient (Wildman–Crippen LogP) is 2.62. The standard InChI is InChI=1S/C17H19NO4/c1-17(2)8-11(19)13(16(21)22-4)9-6-5-7-10-12(9)14(17)15(20)18(10)3/h5-7,14,19H,8H2,1-4H3/t14-/m0/s1. The van der Waals surface area contributed by atoms with Crippen LogP contribution in [0.3, 0.4) is 0 Å². The summed E-state index contributed by atoms with van der Waals surface area (Å²) >= 11 is 0. The van der Waals surface area contributed by atoms with Gasteiger partial charge in [-0.1, -0.05) is 26.0 Å². The Bertz CT molecular complexity index is 717. The number of carbonyl (C=O) groups excluding carboxylic acids is 2. The maximum atomic E-state index is 12.7. The van der Waals surface area contributed by atoms with Crippen LogP contribution in [0.2, 0.25) is 0 Å². The zero-order valence-electron chi connectivity index (χ0n) is 13.1. The van der Waals surface area contributed by atoms with E-state index < -0.39 is 11.4 Å². The van der Waals surface area contributed by atoms with Crippen LogP contribution in [-0.4, -0.2) is 31.1 Å². The first-order valence-corrected chi connectivity index (χ1v) is 7.21. The molecule has 0 aromatic heterocycles. The third-order valence-electron chi connectivity index (χ3n) is 4.66. The molecule has 5 heteroatoms. The van der Waals surface area contributed by atoms with Crippen LogP contribution in [0, 0.1) is 5.41 Å². The molecule has 2 aliphatic rings. The van der Waals surface area contributed by atoms with E-state index in [0.29, 0.717) is 5.56 Å². The van der Waals surface area contributed by atoms with Gasteiger partial charge in [0.1, 0.15) is 11.3 Å².